The Balaban J connectivity index is -0.0000000431. The molecule has 0 fully saturated rings. The van der Waals surface area contributed by atoms with Gasteiger partial charge in [-0.25, -0.2) is 0 Å². The molecule has 0 saturated carbocycles. The largest absolute Gasteiger partial charge is 0.481 e. The molecule has 0 rings (SSSR count). The lowest BCUT2D eigenvalue weighted by Crippen LogP contribution is -2.24. The first-order chi connectivity index (χ1) is 11.9. The number of aliphatic hydroxyl groups excluding tert-OH is 1. The van der Waals surface area contributed by atoms with Crippen molar-refractivity contribution in [1.29, 1.82) is 0 Å². The molecule has 3 N–H and O–H groups in total. The van der Waals surface area contributed by atoms with Gasteiger partial charge >= 0.3 is 0 Å². The van der Waals surface area contributed by atoms with Gasteiger partial charge in [0, 0.05) is 20.1 Å². The van der Waals surface area contributed by atoms with Crippen LogP contribution in [0.15, 0.2) is 24.3 Å². The van der Waals surface area contributed by atoms with Crippen molar-refractivity contribution < 1.29 is 15.0 Å². The average molecular weight is 380 g/mol. The molecule has 0 saturated heterocycles. The minimum atomic E-state index is -0.833. The molecule has 0 aromatic carbocycles. The Morgan fingerprint density at radius 3 is 1.58 bits per heavy atom. The number of nitrogens with one attached hydrogen (secondary N) is 1. The van der Waals surface area contributed by atoms with Crippen molar-refractivity contribution in [2.75, 3.05) is 14.2 Å². The summed E-state index contributed by atoms with van der Waals surface area (Å²) in [5.74, 6) is -0.833. The van der Waals surface area contributed by atoms with E-state index in [1.54, 1.807) is 6.08 Å². The molecule has 0 spiro atoms. The van der Waals surface area contributed by atoms with Gasteiger partial charge in [-0.1, -0.05) is 66.2 Å². The average Bonchev–Trinajstić information content (AvgIpc) is 2.63. The van der Waals surface area contributed by atoms with Gasteiger partial charge in [0.1, 0.15) is 0 Å². The smallest absolute Gasteiger partial charge is 0.300 e. The molecule has 164 valence electrons. The highest BCUT2D eigenvalue weighted by Gasteiger charge is 2.03. The Hall–Kier alpha value is -1.13. The summed E-state index contributed by atoms with van der Waals surface area (Å²) in [6.45, 7) is 20.9. The standard InChI is InChI=1S/C11H23N.C3H6.C2H4O2.2C2H6.CH4O.CH4/c1-5-7-11(12-4)9-8-10(3)6-2;1-3-2;1-2(3)4;3*1-2;/h6,11-12H,5,7-9H2,1-4H3;3H,1H2,2H3;1H3,(H,3,4);2*1-2H3;2H,1H3;1H4/b10-6+;;;;;;. The number of carboxylic acids is 1. The summed E-state index contributed by atoms with van der Waals surface area (Å²) in [6.07, 6.45) is 9.05. The van der Waals surface area contributed by atoms with Gasteiger partial charge in [-0.2, -0.15) is 0 Å². The number of aliphatic hydroxyl groups is 1. The van der Waals surface area contributed by atoms with Crippen molar-refractivity contribution in [3.63, 3.8) is 0 Å². The van der Waals surface area contributed by atoms with E-state index in [0.717, 1.165) is 14.0 Å². The fourth-order valence-corrected chi connectivity index (χ4v) is 1.33. The fraction of sp³-hybridized carbons (Fsp3) is 0.773. The predicted molar refractivity (Wildman–Crippen MR) is 123 cm³/mol. The first-order valence-electron chi connectivity index (χ1n) is 9.39. The Morgan fingerprint density at radius 2 is 1.38 bits per heavy atom. The molecule has 4 nitrogen and oxygen atoms in total. The molecule has 1 atom stereocenters. The molecule has 0 bridgehead atoms. The van der Waals surface area contributed by atoms with Crippen LogP contribution in [0.1, 0.15) is 95.4 Å². The quantitative estimate of drug-likeness (QED) is 0.449. The highest BCUT2D eigenvalue weighted by Crippen LogP contribution is 2.09. The summed E-state index contributed by atoms with van der Waals surface area (Å²) >= 11 is 0. The zero-order chi connectivity index (χ0) is 21.7. The van der Waals surface area contributed by atoms with Crippen LogP contribution in [-0.4, -0.2) is 36.4 Å². The van der Waals surface area contributed by atoms with Crippen LogP contribution in [0.3, 0.4) is 0 Å². The lowest BCUT2D eigenvalue weighted by Gasteiger charge is -2.14. The second kappa shape index (κ2) is 56.5. The molecule has 0 aliphatic heterocycles. The molecule has 0 aliphatic rings. The SMILES string of the molecule is C.C/C=C(\C)CCC(CCC)NC.C=CC.CC.CC.CC(=O)O.CO. The Bertz CT molecular complexity index is 236. The van der Waals surface area contributed by atoms with Gasteiger partial charge in [-0.05, 0) is 47.1 Å². The van der Waals surface area contributed by atoms with Crippen molar-refractivity contribution in [3.8, 4) is 0 Å². The Morgan fingerprint density at radius 1 is 1.08 bits per heavy atom. The van der Waals surface area contributed by atoms with Gasteiger partial charge in [0.2, 0.25) is 0 Å². The first kappa shape index (κ1) is 44.4. The predicted octanol–water partition coefficient (Wildman–Crippen LogP) is 6.70. The van der Waals surface area contributed by atoms with Crippen LogP contribution in [-0.2, 0) is 4.79 Å². The molecule has 0 aliphatic carbocycles. The summed E-state index contributed by atoms with van der Waals surface area (Å²) in [6, 6.07) is 0.713. The number of aliphatic carboxylic acids is 1. The van der Waals surface area contributed by atoms with Crippen molar-refractivity contribution in [3.05, 3.63) is 24.3 Å². The van der Waals surface area contributed by atoms with E-state index in [2.05, 4.69) is 45.8 Å². The maximum Gasteiger partial charge on any atom is 0.300 e. The van der Waals surface area contributed by atoms with Crippen molar-refractivity contribution in [2.24, 2.45) is 0 Å². The van der Waals surface area contributed by atoms with Crippen LogP contribution in [0.5, 0.6) is 0 Å². The molecular formula is C22H53NO3. The van der Waals surface area contributed by atoms with Crippen LogP contribution >= 0.6 is 0 Å². The molecule has 0 radical (unpaired) electrons. The zero-order valence-corrected chi connectivity index (χ0v) is 19.1. The fourth-order valence-electron chi connectivity index (χ4n) is 1.33. The molecule has 0 aromatic rings. The molecule has 26 heavy (non-hydrogen) atoms. The molecule has 0 amide bonds. The van der Waals surface area contributed by atoms with Gasteiger partial charge in [0.25, 0.3) is 5.97 Å². The summed E-state index contributed by atoms with van der Waals surface area (Å²) in [7, 11) is 3.06. The number of allylic oxidation sites excluding steroid dienone is 3. The van der Waals surface area contributed by atoms with E-state index in [1.807, 2.05) is 34.6 Å². The number of carbonyl (C=O) groups is 1. The maximum atomic E-state index is 9.00. The summed E-state index contributed by atoms with van der Waals surface area (Å²) in [5.41, 5.74) is 1.51. The number of hydrogen-bond acceptors (Lipinski definition) is 3. The highest BCUT2D eigenvalue weighted by molar-refractivity contribution is 5.62. The van der Waals surface area contributed by atoms with E-state index in [1.165, 1.54) is 31.3 Å². The monoisotopic (exact) mass is 379 g/mol. The number of carboxylic acid groups (broad SMARTS) is 1. The number of rotatable bonds is 6. The van der Waals surface area contributed by atoms with E-state index in [-0.39, 0.29) is 7.43 Å². The highest BCUT2D eigenvalue weighted by atomic mass is 16.4. The third-order valence-electron chi connectivity index (χ3n) is 2.43. The second-order valence-corrected chi connectivity index (χ2v) is 4.38. The molecule has 1 unspecified atom stereocenters. The summed E-state index contributed by atoms with van der Waals surface area (Å²) in [4.78, 5) is 9.00. The van der Waals surface area contributed by atoms with Crippen molar-refractivity contribution in [2.45, 2.75) is 101 Å². The number of hydrogen-bond donors (Lipinski definition) is 3. The topological polar surface area (TPSA) is 69.6 Å². The van der Waals surface area contributed by atoms with E-state index in [4.69, 9.17) is 15.0 Å². The van der Waals surface area contributed by atoms with Gasteiger partial charge in [-0.15, -0.1) is 6.58 Å². The Labute approximate surface area is 166 Å². The minimum Gasteiger partial charge on any atom is -0.481 e. The third-order valence-corrected chi connectivity index (χ3v) is 2.43. The van der Waals surface area contributed by atoms with Gasteiger partial charge in [0.05, 0.1) is 0 Å². The lowest BCUT2D eigenvalue weighted by molar-refractivity contribution is -0.134. The van der Waals surface area contributed by atoms with Gasteiger partial charge < -0.3 is 15.5 Å². The second-order valence-electron chi connectivity index (χ2n) is 4.38. The van der Waals surface area contributed by atoms with Crippen molar-refractivity contribution in [1.82, 2.24) is 5.32 Å². The molecular weight excluding hydrogens is 326 g/mol. The van der Waals surface area contributed by atoms with Crippen LogP contribution in [0.4, 0.5) is 0 Å². The first-order valence-corrected chi connectivity index (χ1v) is 9.39. The molecule has 4 heteroatoms. The zero-order valence-electron chi connectivity index (χ0n) is 19.1. The van der Waals surface area contributed by atoms with Crippen LogP contribution in [0.2, 0.25) is 0 Å². The minimum absolute atomic E-state index is 0. The van der Waals surface area contributed by atoms with Crippen LogP contribution in [0.25, 0.3) is 0 Å². The summed E-state index contributed by atoms with van der Waals surface area (Å²) in [5, 5.41) is 17.8. The summed E-state index contributed by atoms with van der Waals surface area (Å²) < 4.78 is 0. The maximum absolute atomic E-state index is 9.00. The van der Waals surface area contributed by atoms with Gasteiger partial charge in [0.15, 0.2) is 0 Å². The lowest BCUT2D eigenvalue weighted by atomic mass is 10.0. The normalized spacial score (nSPS) is 9.00. The van der Waals surface area contributed by atoms with E-state index < -0.39 is 5.97 Å². The van der Waals surface area contributed by atoms with Crippen LogP contribution < -0.4 is 5.32 Å². The van der Waals surface area contributed by atoms with E-state index in [0.29, 0.717) is 6.04 Å². The van der Waals surface area contributed by atoms with Crippen molar-refractivity contribution >= 4 is 5.97 Å². The van der Waals surface area contributed by atoms with Gasteiger partial charge in [-0.3, -0.25) is 4.79 Å². The molecule has 0 aromatic heterocycles. The Kier molecular flexibility index (Phi) is 96.4. The van der Waals surface area contributed by atoms with E-state index >= 15 is 0 Å². The third kappa shape index (κ3) is 92.6. The van der Waals surface area contributed by atoms with E-state index in [9.17, 15) is 0 Å². The molecule has 0 heterocycles. The van der Waals surface area contributed by atoms with Crippen LogP contribution in [0, 0.1) is 0 Å².